The van der Waals surface area contributed by atoms with Crippen molar-refractivity contribution < 1.29 is 24.2 Å². The standard InChI is InChI=1S/C25H23NO5S/c1-15(2)31-19-7-4-6-16(14-19)22-21(23(27)20-8-5-13-32-20)24(28)25(29)26(22)17-9-11-18(30-3)12-10-17/h4-15,22,28H,1-3H3. The maximum Gasteiger partial charge on any atom is 0.294 e. The zero-order chi connectivity index (χ0) is 22.8. The van der Waals surface area contributed by atoms with E-state index in [1.165, 1.54) is 16.2 Å². The van der Waals surface area contributed by atoms with Gasteiger partial charge in [0, 0.05) is 5.69 Å². The van der Waals surface area contributed by atoms with Crippen LogP contribution in [0.25, 0.3) is 0 Å². The Morgan fingerprint density at radius 3 is 2.44 bits per heavy atom. The SMILES string of the molecule is COc1ccc(N2C(=O)C(O)=C(C(=O)c3cccs3)C2c2cccc(OC(C)C)c2)cc1. The Balaban J connectivity index is 1.85. The van der Waals surface area contributed by atoms with Gasteiger partial charge in [0.25, 0.3) is 5.91 Å². The Hall–Kier alpha value is -3.58. The summed E-state index contributed by atoms with van der Waals surface area (Å²) in [4.78, 5) is 28.4. The van der Waals surface area contributed by atoms with Gasteiger partial charge < -0.3 is 14.6 Å². The molecule has 164 valence electrons. The van der Waals surface area contributed by atoms with E-state index in [1.807, 2.05) is 32.0 Å². The monoisotopic (exact) mass is 449 g/mol. The number of Topliss-reactive ketones (excluding diaryl/α,β-unsaturated/α-hetero) is 1. The molecule has 2 heterocycles. The Kier molecular flexibility index (Phi) is 6.01. The zero-order valence-electron chi connectivity index (χ0n) is 17.9. The van der Waals surface area contributed by atoms with Crippen molar-refractivity contribution in [2.45, 2.75) is 26.0 Å². The molecule has 3 aromatic rings. The first-order valence-electron chi connectivity index (χ1n) is 10.2. The molecule has 4 rings (SSSR count). The molecule has 1 aromatic heterocycles. The van der Waals surface area contributed by atoms with Crippen LogP contribution in [0.3, 0.4) is 0 Å². The van der Waals surface area contributed by atoms with Crippen molar-refractivity contribution >= 4 is 28.7 Å². The molecule has 0 fully saturated rings. The first-order chi connectivity index (χ1) is 15.4. The van der Waals surface area contributed by atoms with Crippen LogP contribution in [-0.2, 0) is 4.79 Å². The first-order valence-corrected chi connectivity index (χ1v) is 11.0. The van der Waals surface area contributed by atoms with Crippen LogP contribution in [0.15, 0.2) is 77.4 Å². The number of ether oxygens (including phenoxy) is 2. The maximum absolute atomic E-state index is 13.4. The van der Waals surface area contributed by atoms with E-state index < -0.39 is 17.7 Å². The van der Waals surface area contributed by atoms with E-state index in [4.69, 9.17) is 9.47 Å². The molecule has 32 heavy (non-hydrogen) atoms. The average Bonchev–Trinajstić information content (AvgIpc) is 3.41. The van der Waals surface area contributed by atoms with Crippen molar-refractivity contribution in [1.82, 2.24) is 0 Å². The van der Waals surface area contributed by atoms with Crippen LogP contribution in [0.1, 0.15) is 35.1 Å². The normalized spacial score (nSPS) is 16.1. The van der Waals surface area contributed by atoms with Gasteiger partial charge in [-0.05, 0) is 67.3 Å². The second kappa shape index (κ2) is 8.88. The second-order valence-electron chi connectivity index (χ2n) is 7.58. The lowest BCUT2D eigenvalue weighted by Crippen LogP contribution is -2.31. The minimum atomic E-state index is -0.804. The fourth-order valence-electron chi connectivity index (χ4n) is 3.73. The largest absolute Gasteiger partial charge is 0.503 e. The highest BCUT2D eigenvalue weighted by molar-refractivity contribution is 7.12. The summed E-state index contributed by atoms with van der Waals surface area (Å²) in [6.07, 6.45) is -0.0377. The lowest BCUT2D eigenvalue weighted by Gasteiger charge is -2.27. The molecule has 0 saturated carbocycles. The molecule has 1 aliphatic heterocycles. The van der Waals surface area contributed by atoms with Crippen LogP contribution in [-0.4, -0.2) is 30.0 Å². The average molecular weight is 450 g/mol. The summed E-state index contributed by atoms with van der Waals surface area (Å²) in [7, 11) is 1.56. The van der Waals surface area contributed by atoms with Gasteiger partial charge in [-0.1, -0.05) is 18.2 Å². The lowest BCUT2D eigenvalue weighted by molar-refractivity contribution is -0.117. The zero-order valence-corrected chi connectivity index (χ0v) is 18.8. The second-order valence-corrected chi connectivity index (χ2v) is 8.53. The number of anilines is 1. The highest BCUT2D eigenvalue weighted by atomic mass is 32.1. The van der Waals surface area contributed by atoms with Gasteiger partial charge in [-0.25, -0.2) is 0 Å². The Labute approximate surface area is 190 Å². The molecule has 0 saturated heterocycles. The van der Waals surface area contributed by atoms with E-state index in [9.17, 15) is 14.7 Å². The number of aliphatic hydroxyl groups excluding tert-OH is 1. The molecule has 2 aromatic carbocycles. The number of benzene rings is 2. The van der Waals surface area contributed by atoms with E-state index >= 15 is 0 Å². The van der Waals surface area contributed by atoms with Gasteiger partial charge in [-0.3, -0.25) is 14.5 Å². The minimum Gasteiger partial charge on any atom is -0.503 e. The van der Waals surface area contributed by atoms with E-state index in [-0.39, 0.29) is 17.5 Å². The number of hydrogen-bond acceptors (Lipinski definition) is 6. The summed E-state index contributed by atoms with van der Waals surface area (Å²) in [5.74, 6) is -0.290. The summed E-state index contributed by atoms with van der Waals surface area (Å²) >= 11 is 1.27. The third-order valence-corrected chi connectivity index (χ3v) is 5.96. The van der Waals surface area contributed by atoms with Crippen LogP contribution < -0.4 is 14.4 Å². The molecule has 1 aliphatic rings. The van der Waals surface area contributed by atoms with Crippen LogP contribution in [0.4, 0.5) is 5.69 Å². The number of nitrogens with zero attached hydrogens (tertiary/aromatic N) is 1. The van der Waals surface area contributed by atoms with Crippen molar-refractivity contribution in [3.63, 3.8) is 0 Å². The number of thiophene rings is 1. The Bertz CT molecular complexity index is 1170. The molecule has 0 aliphatic carbocycles. The van der Waals surface area contributed by atoms with Crippen LogP contribution in [0.5, 0.6) is 11.5 Å². The molecular formula is C25H23NO5S. The van der Waals surface area contributed by atoms with Crippen molar-refractivity contribution in [1.29, 1.82) is 0 Å². The maximum atomic E-state index is 13.4. The fourth-order valence-corrected chi connectivity index (χ4v) is 4.41. The number of carbonyl (C=O) groups is 2. The smallest absolute Gasteiger partial charge is 0.294 e. The molecule has 0 spiro atoms. The van der Waals surface area contributed by atoms with E-state index in [0.717, 1.165) is 0 Å². The van der Waals surface area contributed by atoms with Gasteiger partial charge in [-0.2, -0.15) is 0 Å². The van der Waals surface area contributed by atoms with Gasteiger partial charge in [0.2, 0.25) is 5.78 Å². The van der Waals surface area contributed by atoms with Crippen molar-refractivity contribution in [2.75, 3.05) is 12.0 Å². The van der Waals surface area contributed by atoms with Gasteiger partial charge in [-0.15, -0.1) is 11.3 Å². The van der Waals surface area contributed by atoms with Crippen molar-refractivity contribution in [3.8, 4) is 11.5 Å². The first kappa shape index (κ1) is 21.6. The predicted molar refractivity (Wildman–Crippen MR) is 124 cm³/mol. The van der Waals surface area contributed by atoms with Crippen molar-refractivity contribution in [3.05, 3.63) is 87.8 Å². The van der Waals surface area contributed by atoms with E-state index in [2.05, 4.69) is 0 Å². The molecule has 7 heteroatoms. The van der Waals surface area contributed by atoms with Gasteiger partial charge in [0.05, 0.1) is 29.7 Å². The van der Waals surface area contributed by atoms with Crippen molar-refractivity contribution in [2.24, 2.45) is 0 Å². The number of hydrogen-bond donors (Lipinski definition) is 1. The topological polar surface area (TPSA) is 76.1 Å². The highest BCUT2D eigenvalue weighted by Gasteiger charge is 2.45. The third-order valence-electron chi connectivity index (χ3n) is 5.09. The number of methoxy groups -OCH3 is 1. The van der Waals surface area contributed by atoms with E-state index in [1.54, 1.807) is 55.0 Å². The van der Waals surface area contributed by atoms with E-state index in [0.29, 0.717) is 27.6 Å². The summed E-state index contributed by atoms with van der Waals surface area (Å²) in [6.45, 7) is 3.85. The molecule has 1 N–H and O–H groups in total. The summed E-state index contributed by atoms with van der Waals surface area (Å²) in [5.41, 5.74) is 1.25. The fraction of sp³-hybridized carbons (Fsp3) is 0.200. The Morgan fingerprint density at radius 2 is 1.81 bits per heavy atom. The number of amides is 1. The summed E-state index contributed by atoms with van der Waals surface area (Å²) in [6, 6.07) is 16.8. The minimum absolute atomic E-state index is 0.0377. The summed E-state index contributed by atoms with van der Waals surface area (Å²) < 4.78 is 11.0. The lowest BCUT2D eigenvalue weighted by atomic mass is 9.95. The quantitative estimate of drug-likeness (QED) is 0.494. The number of rotatable bonds is 7. The van der Waals surface area contributed by atoms with Gasteiger partial charge in [0.15, 0.2) is 5.76 Å². The molecular weight excluding hydrogens is 426 g/mol. The molecule has 0 radical (unpaired) electrons. The molecule has 1 amide bonds. The molecule has 1 atom stereocenters. The van der Waals surface area contributed by atoms with Crippen LogP contribution in [0.2, 0.25) is 0 Å². The van der Waals surface area contributed by atoms with Gasteiger partial charge in [0.1, 0.15) is 11.5 Å². The van der Waals surface area contributed by atoms with Gasteiger partial charge >= 0.3 is 0 Å². The number of ketones is 1. The van der Waals surface area contributed by atoms with Crippen LogP contribution >= 0.6 is 11.3 Å². The third kappa shape index (κ3) is 3.99. The number of aliphatic hydroxyl groups is 1. The molecule has 1 unspecified atom stereocenters. The number of carbonyl (C=O) groups excluding carboxylic acids is 2. The predicted octanol–water partition coefficient (Wildman–Crippen LogP) is 5.33. The molecule has 0 bridgehead atoms. The Morgan fingerprint density at radius 1 is 1.06 bits per heavy atom. The summed E-state index contributed by atoms with van der Waals surface area (Å²) in [5, 5.41) is 12.6. The highest BCUT2D eigenvalue weighted by Crippen LogP contribution is 2.43. The molecule has 6 nitrogen and oxygen atoms in total. The van der Waals surface area contributed by atoms with Crippen LogP contribution in [0, 0.1) is 0 Å².